The van der Waals surface area contributed by atoms with E-state index in [1.165, 1.54) is 60.7 Å². The lowest BCUT2D eigenvalue weighted by Gasteiger charge is -2.03. The van der Waals surface area contributed by atoms with Crippen molar-refractivity contribution < 1.29 is 24.9 Å². The van der Waals surface area contributed by atoms with Gasteiger partial charge < -0.3 is 15.3 Å². The number of hydrogen-bond acceptors (Lipinski definition) is 7. The summed E-state index contributed by atoms with van der Waals surface area (Å²) < 4.78 is 0. The second kappa shape index (κ2) is 11.7. The predicted molar refractivity (Wildman–Crippen MR) is 135 cm³/mol. The number of aliphatic hydroxyl groups excluding tert-OH is 1. The van der Waals surface area contributed by atoms with E-state index in [1.54, 1.807) is 36.4 Å². The Labute approximate surface area is 201 Å². The lowest BCUT2D eigenvalue weighted by Crippen LogP contribution is -2.11. The second-order valence-corrected chi connectivity index (χ2v) is 7.35. The van der Waals surface area contributed by atoms with Gasteiger partial charge in [0.05, 0.1) is 0 Å². The first-order chi connectivity index (χ1) is 16.9. The maximum Gasteiger partial charge on any atom is 0.193 e. The van der Waals surface area contributed by atoms with Crippen LogP contribution >= 0.6 is 0 Å². The van der Waals surface area contributed by atoms with Crippen LogP contribution < -0.4 is 0 Å². The van der Waals surface area contributed by atoms with Crippen molar-refractivity contribution in [1.82, 2.24) is 0 Å². The molecule has 0 saturated heterocycles. The standard InChI is InChI=1S/C28H21NO6/c30-23-12-3-20(4-13-23)8-17-26(33)28(27(34)18-9-21-5-14-24(31)15-6-21)25(32)16-7-19-1-10-22(29-35)11-2-19/h1-18,30-31,33H/b16-7+,17-8+,18-9+,28-26+. The van der Waals surface area contributed by atoms with E-state index in [9.17, 15) is 29.8 Å². The van der Waals surface area contributed by atoms with Gasteiger partial charge in [-0.2, -0.15) is 0 Å². The maximum absolute atomic E-state index is 12.9. The van der Waals surface area contributed by atoms with Crippen molar-refractivity contribution >= 4 is 35.5 Å². The number of aromatic hydroxyl groups is 2. The van der Waals surface area contributed by atoms with Gasteiger partial charge in [0.1, 0.15) is 28.5 Å². The third-order valence-electron chi connectivity index (χ3n) is 4.82. The molecule has 0 radical (unpaired) electrons. The predicted octanol–water partition coefficient (Wildman–Crippen LogP) is 5.89. The molecule has 3 aromatic rings. The van der Waals surface area contributed by atoms with E-state index in [1.807, 2.05) is 0 Å². The average Bonchev–Trinajstić information content (AvgIpc) is 2.87. The van der Waals surface area contributed by atoms with Crippen LogP contribution in [0.1, 0.15) is 16.7 Å². The number of phenols is 2. The van der Waals surface area contributed by atoms with E-state index in [0.717, 1.165) is 12.2 Å². The van der Waals surface area contributed by atoms with E-state index in [2.05, 4.69) is 5.18 Å². The molecule has 0 heterocycles. The van der Waals surface area contributed by atoms with Crippen LogP contribution in [0.3, 0.4) is 0 Å². The Morgan fingerprint density at radius 3 is 1.37 bits per heavy atom. The SMILES string of the molecule is O=Nc1ccc(/C=C/C(=O)/C(C(=O)/C=C/c2ccc(O)cc2)=C(O)/C=C/c2ccc(O)cc2)cc1. The largest absolute Gasteiger partial charge is 0.508 e. The van der Waals surface area contributed by atoms with Gasteiger partial charge in [-0.3, -0.25) is 9.59 Å². The summed E-state index contributed by atoms with van der Waals surface area (Å²) in [4.78, 5) is 36.4. The normalized spacial score (nSPS) is 12.2. The van der Waals surface area contributed by atoms with Gasteiger partial charge in [-0.25, -0.2) is 0 Å². The minimum atomic E-state index is -0.726. The summed E-state index contributed by atoms with van der Waals surface area (Å²) in [7, 11) is 0. The Balaban J connectivity index is 1.91. The molecule has 0 amide bonds. The van der Waals surface area contributed by atoms with Gasteiger partial charge in [-0.15, -0.1) is 4.91 Å². The van der Waals surface area contributed by atoms with Crippen LogP contribution in [0.5, 0.6) is 11.5 Å². The molecule has 0 aliphatic heterocycles. The van der Waals surface area contributed by atoms with Crippen LogP contribution in [-0.4, -0.2) is 26.9 Å². The second-order valence-electron chi connectivity index (χ2n) is 7.35. The number of allylic oxidation sites excluding steroid dienone is 4. The molecule has 0 unspecified atom stereocenters. The minimum Gasteiger partial charge on any atom is -0.508 e. The van der Waals surface area contributed by atoms with Crippen molar-refractivity contribution in [3.63, 3.8) is 0 Å². The van der Waals surface area contributed by atoms with Gasteiger partial charge in [0.2, 0.25) is 0 Å². The number of carbonyl (C=O) groups excluding carboxylic acids is 2. The molecule has 0 aliphatic carbocycles. The molecule has 0 aliphatic rings. The van der Waals surface area contributed by atoms with Crippen molar-refractivity contribution in [1.29, 1.82) is 0 Å². The smallest absolute Gasteiger partial charge is 0.193 e. The van der Waals surface area contributed by atoms with Gasteiger partial charge in [-0.1, -0.05) is 54.6 Å². The van der Waals surface area contributed by atoms with Crippen LogP contribution in [0.15, 0.2) is 108 Å². The van der Waals surface area contributed by atoms with Gasteiger partial charge in [-0.05, 0) is 76.5 Å². The fourth-order valence-corrected chi connectivity index (χ4v) is 2.96. The maximum atomic E-state index is 12.9. The summed E-state index contributed by atoms with van der Waals surface area (Å²) in [5.41, 5.74) is 1.63. The third kappa shape index (κ3) is 7.23. The Bertz CT molecular complexity index is 1330. The summed E-state index contributed by atoms with van der Waals surface area (Å²) in [6, 6.07) is 18.4. The first-order valence-corrected chi connectivity index (χ1v) is 10.4. The van der Waals surface area contributed by atoms with Crippen LogP contribution in [0.4, 0.5) is 5.69 Å². The van der Waals surface area contributed by atoms with Crippen LogP contribution in [0.2, 0.25) is 0 Å². The molecule has 174 valence electrons. The van der Waals surface area contributed by atoms with Crippen molar-refractivity contribution in [3.05, 3.63) is 124 Å². The van der Waals surface area contributed by atoms with E-state index in [-0.39, 0.29) is 17.2 Å². The molecular weight excluding hydrogens is 446 g/mol. The van der Waals surface area contributed by atoms with Crippen molar-refractivity contribution in [2.24, 2.45) is 5.18 Å². The molecule has 0 atom stereocenters. The van der Waals surface area contributed by atoms with E-state index >= 15 is 0 Å². The number of aliphatic hydroxyl groups is 1. The van der Waals surface area contributed by atoms with Crippen LogP contribution in [-0.2, 0) is 9.59 Å². The molecule has 0 bridgehead atoms. The van der Waals surface area contributed by atoms with Gasteiger partial charge in [0, 0.05) is 0 Å². The first kappa shape index (κ1) is 24.6. The molecule has 3 N–H and O–H groups in total. The average molecular weight is 467 g/mol. The highest BCUT2D eigenvalue weighted by molar-refractivity contribution is 6.29. The summed E-state index contributed by atoms with van der Waals surface area (Å²) >= 11 is 0. The van der Waals surface area contributed by atoms with E-state index < -0.39 is 22.9 Å². The number of rotatable bonds is 9. The molecule has 7 heteroatoms. The Hall–Kier alpha value is -5.04. The third-order valence-corrected chi connectivity index (χ3v) is 4.82. The summed E-state index contributed by atoms with van der Waals surface area (Å²) in [6.45, 7) is 0. The Kier molecular flexibility index (Phi) is 8.23. The number of benzene rings is 3. The summed E-state index contributed by atoms with van der Waals surface area (Å²) in [6.07, 6.45) is 7.93. The zero-order valence-corrected chi connectivity index (χ0v) is 18.4. The monoisotopic (exact) mass is 467 g/mol. The number of hydrogen-bond donors (Lipinski definition) is 3. The number of phenolic OH excluding ortho intramolecular Hbond substituents is 2. The van der Waals surface area contributed by atoms with E-state index in [4.69, 9.17) is 0 Å². The highest BCUT2D eigenvalue weighted by Gasteiger charge is 2.18. The Morgan fingerprint density at radius 2 is 0.971 bits per heavy atom. The van der Waals surface area contributed by atoms with Crippen molar-refractivity contribution in [3.8, 4) is 11.5 Å². The molecule has 0 aromatic heterocycles. The summed E-state index contributed by atoms with van der Waals surface area (Å²) in [5.74, 6) is -1.83. The lowest BCUT2D eigenvalue weighted by molar-refractivity contribution is -0.117. The Morgan fingerprint density at radius 1 is 0.600 bits per heavy atom. The topological polar surface area (TPSA) is 124 Å². The molecular formula is C28H21NO6. The first-order valence-electron chi connectivity index (χ1n) is 10.4. The summed E-state index contributed by atoms with van der Waals surface area (Å²) in [5, 5.41) is 32.2. The van der Waals surface area contributed by atoms with Crippen molar-refractivity contribution in [2.75, 3.05) is 0 Å². The minimum absolute atomic E-state index is 0.0725. The molecule has 0 spiro atoms. The molecule has 0 saturated carbocycles. The molecule has 3 aromatic carbocycles. The van der Waals surface area contributed by atoms with Crippen LogP contribution in [0, 0.1) is 4.91 Å². The van der Waals surface area contributed by atoms with E-state index in [0.29, 0.717) is 16.7 Å². The number of nitrogens with zero attached hydrogens (tertiary/aromatic N) is 1. The highest BCUT2D eigenvalue weighted by atomic mass is 16.3. The van der Waals surface area contributed by atoms with Gasteiger partial charge >= 0.3 is 0 Å². The zero-order valence-electron chi connectivity index (χ0n) is 18.4. The number of nitroso groups, excluding NO2 is 1. The quantitative estimate of drug-likeness (QED) is 0.0901. The van der Waals surface area contributed by atoms with Crippen LogP contribution in [0.25, 0.3) is 18.2 Å². The zero-order chi connectivity index (χ0) is 25.2. The molecule has 7 nitrogen and oxygen atoms in total. The fourth-order valence-electron chi connectivity index (χ4n) is 2.96. The fraction of sp³-hybridized carbons (Fsp3) is 0. The molecule has 35 heavy (non-hydrogen) atoms. The van der Waals surface area contributed by atoms with Gasteiger partial charge in [0.15, 0.2) is 11.6 Å². The molecule has 0 fully saturated rings. The van der Waals surface area contributed by atoms with Crippen molar-refractivity contribution in [2.45, 2.75) is 0 Å². The number of ketones is 2. The number of carbonyl (C=O) groups is 2. The van der Waals surface area contributed by atoms with Gasteiger partial charge in [0.25, 0.3) is 0 Å². The lowest BCUT2D eigenvalue weighted by atomic mass is 10.0. The molecule has 3 rings (SSSR count). The highest BCUT2D eigenvalue weighted by Crippen LogP contribution is 2.17.